The average molecular weight is 548 g/mol. The van der Waals surface area contributed by atoms with Gasteiger partial charge in [-0.2, -0.15) is 0 Å². The van der Waals surface area contributed by atoms with Gasteiger partial charge in [0, 0.05) is 36.4 Å². The molecule has 2 atom stereocenters. The Labute approximate surface area is 233 Å². The number of halogens is 1. The topological polar surface area (TPSA) is 109 Å². The molecule has 204 valence electrons. The number of carbonyl (C=O) groups is 1. The maximum Gasteiger partial charge on any atom is 0.320 e. The molecular weight excluding hydrogens is 514 g/mol. The van der Waals surface area contributed by atoms with Crippen LogP contribution in [0.5, 0.6) is 5.75 Å². The average Bonchev–Trinajstić information content (AvgIpc) is 3.10. The lowest BCUT2D eigenvalue weighted by Gasteiger charge is -2.31. The van der Waals surface area contributed by atoms with Crippen LogP contribution in [0.15, 0.2) is 66.4 Å². The van der Waals surface area contributed by atoms with Gasteiger partial charge in [-0.05, 0) is 84.7 Å². The van der Waals surface area contributed by atoms with E-state index < -0.39 is 18.1 Å². The van der Waals surface area contributed by atoms with Crippen molar-refractivity contribution in [3.63, 3.8) is 0 Å². The predicted molar refractivity (Wildman–Crippen MR) is 152 cm³/mol. The second-order valence-corrected chi connectivity index (χ2v) is 10.8. The lowest BCUT2D eigenvalue weighted by atomic mass is 9.88. The molecule has 4 N–H and O–H groups in total. The Bertz CT molecular complexity index is 1350. The van der Waals surface area contributed by atoms with Crippen molar-refractivity contribution in [2.24, 2.45) is 5.73 Å². The maximum atomic E-state index is 10.9. The van der Waals surface area contributed by atoms with Crippen molar-refractivity contribution in [1.82, 2.24) is 9.88 Å². The minimum atomic E-state index is -1.02. The summed E-state index contributed by atoms with van der Waals surface area (Å²) in [7, 11) is 0. The van der Waals surface area contributed by atoms with Crippen molar-refractivity contribution in [2.45, 2.75) is 44.2 Å². The Balaban J connectivity index is 1.20. The first kappa shape index (κ1) is 27.3. The lowest BCUT2D eigenvalue weighted by molar-refractivity contribution is -0.138. The summed E-state index contributed by atoms with van der Waals surface area (Å²) < 4.78 is 5.78. The number of fused-ring (bicyclic) bond motifs is 2. The van der Waals surface area contributed by atoms with Crippen LogP contribution in [0.1, 0.15) is 40.8 Å². The minimum absolute atomic E-state index is 0.184. The lowest BCUT2D eigenvalue weighted by Crippen LogP contribution is -2.39. The summed E-state index contributed by atoms with van der Waals surface area (Å²) in [6.07, 6.45) is 5.24. The van der Waals surface area contributed by atoms with E-state index in [4.69, 9.17) is 32.2 Å². The number of ether oxygens (including phenoxy) is 1. The number of rotatable bonds is 8. The second kappa shape index (κ2) is 12.3. The van der Waals surface area contributed by atoms with Gasteiger partial charge in [0.2, 0.25) is 0 Å². The molecule has 1 saturated heterocycles. The van der Waals surface area contributed by atoms with Crippen molar-refractivity contribution in [3.05, 3.63) is 99.3 Å². The molecule has 39 heavy (non-hydrogen) atoms. The summed E-state index contributed by atoms with van der Waals surface area (Å²) in [5.74, 6) is -0.393. The number of aliphatic carboxylic acids is 1. The zero-order chi connectivity index (χ0) is 27.4. The van der Waals surface area contributed by atoms with Crippen LogP contribution in [0, 0.1) is 0 Å². The van der Waals surface area contributed by atoms with E-state index in [2.05, 4.69) is 23.1 Å². The quantitative estimate of drug-likeness (QED) is 0.389. The number of β-amino-alcohol motifs (C(OH)–C–C–N with tert-alkyl or cyclic N) is 1. The molecule has 2 heterocycles. The highest BCUT2D eigenvalue weighted by molar-refractivity contribution is 6.30. The van der Waals surface area contributed by atoms with Crippen LogP contribution < -0.4 is 10.5 Å². The Morgan fingerprint density at radius 1 is 1.05 bits per heavy atom. The molecule has 8 heteroatoms. The third-order valence-corrected chi connectivity index (χ3v) is 7.78. The Hall–Kier alpha value is -3.23. The molecule has 7 nitrogen and oxygen atoms in total. The van der Waals surface area contributed by atoms with Gasteiger partial charge in [-0.25, -0.2) is 0 Å². The van der Waals surface area contributed by atoms with Crippen molar-refractivity contribution in [3.8, 4) is 5.75 Å². The summed E-state index contributed by atoms with van der Waals surface area (Å²) in [4.78, 5) is 18.0. The smallest absolute Gasteiger partial charge is 0.320 e. The summed E-state index contributed by atoms with van der Waals surface area (Å²) in [5, 5.41) is 20.4. The van der Waals surface area contributed by atoms with Gasteiger partial charge in [0.05, 0.1) is 5.69 Å². The Morgan fingerprint density at radius 2 is 1.79 bits per heavy atom. The van der Waals surface area contributed by atoms with Gasteiger partial charge in [-0.1, -0.05) is 41.4 Å². The largest absolute Gasteiger partial charge is 0.491 e. The molecular formula is C31H34ClN3O4. The molecule has 3 aromatic rings. The molecule has 1 aliphatic carbocycles. The highest BCUT2D eigenvalue weighted by Gasteiger charge is 2.26. The molecule has 1 unspecified atom stereocenters. The normalized spacial score (nSPS) is 17.1. The first-order valence-corrected chi connectivity index (χ1v) is 13.8. The van der Waals surface area contributed by atoms with Gasteiger partial charge in [0.25, 0.3) is 0 Å². The van der Waals surface area contributed by atoms with E-state index in [1.54, 1.807) is 24.3 Å². The number of aliphatic hydroxyl groups excluding tert-OH is 1. The van der Waals surface area contributed by atoms with Crippen molar-refractivity contribution >= 4 is 23.1 Å². The third kappa shape index (κ3) is 6.68. The third-order valence-electron chi connectivity index (χ3n) is 7.55. The second-order valence-electron chi connectivity index (χ2n) is 10.3. The Morgan fingerprint density at radius 3 is 2.54 bits per heavy atom. The van der Waals surface area contributed by atoms with Crippen LogP contribution in [0.2, 0.25) is 5.02 Å². The number of nitrogens with zero attached hydrogens (tertiary/aromatic N) is 2. The van der Waals surface area contributed by atoms with Gasteiger partial charge in [0.1, 0.15) is 24.5 Å². The fourth-order valence-corrected chi connectivity index (χ4v) is 5.69. The molecule has 0 radical (unpaired) electrons. The Kier molecular flexibility index (Phi) is 8.63. The van der Waals surface area contributed by atoms with E-state index in [-0.39, 0.29) is 13.0 Å². The van der Waals surface area contributed by atoms with Crippen LogP contribution >= 0.6 is 11.6 Å². The molecule has 5 rings (SSSR count). The molecule has 1 aliphatic heterocycles. The van der Waals surface area contributed by atoms with E-state index in [1.165, 1.54) is 27.8 Å². The number of likely N-dealkylation sites (tertiary alicyclic amines) is 1. The zero-order valence-electron chi connectivity index (χ0n) is 21.9. The molecule has 0 bridgehead atoms. The number of benzene rings is 2. The molecule has 1 aromatic heterocycles. The van der Waals surface area contributed by atoms with Crippen LogP contribution in [-0.4, -0.2) is 64.5 Å². The number of hydrogen-bond acceptors (Lipinski definition) is 6. The van der Waals surface area contributed by atoms with E-state index in [9.17, 15) is 9.90 Å². The zero-order valence-corrected chi connectivity index (χ0v) is 22.6. The number of carboxylic acids is 1. The number of carboxylic acid groups (broad SMARTS) is 1. The number of nitrogens with two attached hydrogens (primary N) is 1. The summed E-state index contributed by atoms with van der Waals surface area (Å²) in [5.41, 5.74) is 14.0. The van der Waals surface area contributed by atoms with Crippen LogP contribution in [0.25, 0.3) is 5.57 Å². The highest BCUT2D eigenvalue weighted by atomic mass is 35.5. The number of aliphatic hydroxyl groups is 1. The number of pyridine rings is 1. The minimum Gasteiger partial charge on any atom is -0.491 e. The highest BCUT2D eigenvalue weighted by Crippen LogP contribution is 2.38. The fourth-order valence-electron chi connectivity index (χ4n) is 5.49. The summed E-state index contributed by atoms with van der Waals surface area (Å²) >= 11 is 6.35. The molecule has 0 spiro atoms. The molecule has 2 aromatic carbocycles. The van der Waals surface area contributed by atoms with Crippen molar-refractivity contribution in [2.75, 3.05) is 26.2 Å². The summed E-state index contributed by atoms with van der Waals surface area (Å²) in [6.45, 7) is 2.44. The molecule has 1 fully saturated rings. The molecule has 0 amide bonds. The maximum absolute atomic E-state index is 10.9. The van der Waals surface area contributed by atoms with E-state index >= 15 is 0 Å². The number of piperidine rings is 1. The standard InChI is InChI=1S/C31H34ClN3O4/c32-24-7-10-27-23(17-24)6-5-22-2-1-13-34-30(22)29(27)21-11-14-35(15-12-21)18-25(36)19-39-26-8-3-20(4-9-26)16-28(33)31(37)38/h1-4,7-10,13,17,25,28,36H,5-6,11-12,14-16,18-19,33H2,(H,37,38)/t25?,28-/m0/s1. The monoisotopic (exact) mass is 547 g/mol. The number of aromatic nitrogens is 1. The van der Waals surface area contributed by atoms with Gasteiger partial charge >= 0.3 is 5.97 Å². The van der Waals surface area contributed by atoms with Gasteiger partial charge in [0.15, 0.2) is 0 Å². The number of hydrogen-bond donors (Lipinski definition) is 3. The van der Waals surface area contributed by atoms with E-state index in [1.807, 2.05) is 18.3 Å². The fraction of sp³-hybridized carbons (Fsp3) is 0.355. The van der Waals surface area contributed by atoms with Crippen LogP contribution in [0.4, 0.5) is 0 Å². The van der Waals surface area contributed by atoms with Crippen molar-refractivity contribution in [1.29, 1.82) is 0 Å². The summed E-state index contributed by atoms with van der Waals surface area (Å²) in [6, 6.07) is 16.6. The number of aryl methyl sites for hydroxylation is 2. The van der Waals surface area contributed by atoms with Gasteiger partial charge < -0.3 is 20.7 Å². The van der Waals surface area contributed by atoms with Crippen LogP contribution in [0.3, 0.4) is 0 Å². The molecule has 0 saturated carbocycles. The first-order valence-electron chi connectivity index (χ1n) is 13.4. The first-order chi connectivity index (χ1) is 18.9. The van der Waals surface area contributed by atoms with E-state index in [0.29, 0.717) is 12.3 Å². The van der Waals surface area contributed by atoms with Gasteiger partial charge in [-0.3, -0.25) is 14.7 Å². The van der Waals surface area contributed by atoms with Gasteiger partial charge in [-0.15, -0.1) is 0 Å². The van der Waals surface area contributed by atoms with Crippen molar-refractivity contribution < 1.29 is 19.7 Å². The molecule has 2 aliphatic rings. The SMILES string of the molecule is N[C@@H](Cc1ccc(OCC(O)CN2CCC(=C3c4ccc(Cl)cc4CCc4cccnc43)CC2)cc1)C(=O)O. The predicted octanol–water partition coefficient (Wildman–Crippen LogP) is 4.13. The van der Waals surface area contributed by atoms with E-state index in [0.717, 1.165) is 55.1 Å². The van der Waals surface area contributed by atoms with Crippen LogP contribution in [-0.2, 0) is 24.1 Å².